The standard InChI is InChI=1S/C13H13N3O3/c1-14-13-8-4-5-10(15-13)9-19-12-7-3-2-6-11(12)16(17)18/h2-8H,9H2,1H3,(H,14,15). The average molecular weight is 259 g/mol. The number of nitro groups is 1. The zero-order chi connectivity index (χ0) is 13.7. The maximum atomic E-state index is 10.8. The zero-order valence-corrected chi connectivity index (χ0v) is 10.4. The Bertz CT molecular complexity index is 587. The number of hydrogen-bond acceptors (Lipinski definition) is 5. The molecule has 0 atom stereocenters. The van der Waals surface area contributed by atoms with Gasteiger partial charge in [-0.1, -0.05) is 18.2 Å². The first-order chi connectivity index (χ1) is 9.20. The van der Waals surface area contributed by atoms with Gasteiger partial charge >= 0.3 is 5.69 Å². The number of benzene rings is 1. The number of nitrogens with zero attached hydrogens (tertiary/aromatic N) is 2. The quantitative estimate of drug-likeness (QED) is 0.659. The normalized spacial score (nSPS) is 9.95. The molecule has 0 aliphatic rings. The van der Waals surface area contributed by atoms with E-state index in [0.29, 0.717) is 5.69 Å². The van der Waals surface area contributed by atoms with Crippen LogP contribution < -0.4 is 10.1 Å². The zero-order valence-electron chi connectivity index (χ0n) is 10.4. The third-order valence-electron chi connectivity index (χ3n) is 2.50. The fraction of sp³-hybridized carbons (Fsp3) is 0.154. The highest BCUT2D eigenvalue weighted by Crippen LogP contribution is 2.26. The Morgan fingerprint density at radius 2 is 2.05 bits per heavy atom. The molecule has 2 rings (SSSR count). The van der Waals surface area contributed by atoms with Crippen molar-refractivity contribution in [2.75, 3.05) is 12.4 Å². The van der Waals surface area contributed by atoms with Crippen LogP contribution in [0.1, 0.15) is 5.69 Å². The predicted octanol–water partition coefficient (Wildman–Crippen LogP) is 2.61. The molecule has 1 heterocycles. The van der Waals surface area contributed by atoms with Gasteiger partial charge in [-0.25, -0.2) is 4.98 Å². The Labute approximate surface area is 110 Å². The van der Waals surface area contributed by atoms with Crippen LogP contribution in [0.4, 0.5) is 11.5 Å². The Morgan fingerprint density at radius 3 is 2.79 bits per heavy atom. The van der Waals surface area contributed by atoms with E-state index < -0.39 is 4.92 Å². The molecule has 19 heavy (non-hydrogen) atoms. The van der Waals surface area contributed by atoms with E-state index in [1.165, 1.54) is 6.07 Å². The lowest BCUT2D eigenvalue weighted by Crippen LogP contribution is -2.02. The van der Waals surface area contributed by atoms with Crippen molar-refractivity contribution in [2.24, 2.45) is 0 Å². The Morgan fingerprint density at radius 1 is 1.26 bits per heavy atom. The molecule has 1 N–H and O–H groups in total. The molecule has 6 nitrogen and oxygen atoms in total. The van der Waals surface area contributed by atoms with Crippen LogP contribution in [0.15, 0.2) is 42.5 Å². The van der Waals surface area contributed by atoms with Gasteiger partial charge in [0.05, 0.1) is 10.6 Å². The molecule has 0 amide bonds. The third-order valence-corrected chi connectivity index (χ3v) is 2.50. The molecule has 1 aromatic carbocycles. The van der Waals surface area contributed by atoms with Crippen molar-refractivity contribution >= 4 is 11.5 Å². The van der Waals surface area contributed by atoms with E-state index >= 15 is 0 Å². The maximum absolute atomic E-state index is 10.8. The molecular formula is C13H13N3O3. The average Bonchev–Trinajstić information content (AvgIpc) is 2.45. The summed E-state index contributed by atoms with van der Waals surface area (Å²) in [5, 5.41) is 13.8. The van der Waals surface area contributed by atoms with Crippen LogP contribution in [0.2, 0.25) is 0 Å². The van der Waals surface area contributed by atoms with Gasteiger partial charge in [0.1, 0.15) is 12.4 Å². The maximum Gasteiger partial charge on any atom is 0.310 e. The van der Waals surface area contributed by atoms with Crippen LogP contribution in [-0.2, 0) is 6.61 Å². The number of para-hydroxylation sites is 2. The van der Waals surface area contributed by atoms with E-state index in [1.54, 1.807) is 31.3 Å². The van der Waals surface area contributed by atoms with Gasteiger partial charge in [0.25, 0.3) is 0 Å². The summed E-state index contributed by atoms with van der Waals surface area (Å²) in [7, 11) is 1.77. The van der Waals surface area contributed by atoms with Gasteiger partial charge < -0.3 is 10.1 Å². The van der Waals surface area contributed by atoms with Crippen molar-refractivity contribution in [2.45, 2.75) is 6.61 Å². The van der Waals surface area contributed by atoms with E-state index in [2.05, 4.69) is 10.3 Å². The number of hydrogen-bond donors (Lipinski definition) is 1. The number of pyridine rings is 1. The monoisotopic (exact) mass is 259 g/mol. The summed E-state index contributed by atoms with van der Waals surface area (Å²) in [6.07, 6.45) is 0. The van der Waals surface area contributed by atoms with E-state index in [-0.39, 0.29) is 18.0 Å². The fourth-order valence-corrected chi connectivity index (χ4v) is 1.58. The lowest BCUT2D eigenvalue weighted by atomic mass is 10.3. The van der Waals surface area contributed by atoms with Crippen LogP contribution >= 0.6 is 0 Å². The molecule has 0 bridgehead atoms. The Balaban J connectivity index is 2.12. The van der Waals surface area contributed by atoms with E-state index in [9.17, 15) is 10.1 Å². The van der Waals surface area contributed by atoms with Gasteiger partial charge in [0.15, 0.2) is 5.75 Å². The Hall–Kier alpha value is -2.63. The molecule has 0 aliphatic heterocycles. The number of nitrogens with one attached hydrogen (secondary N) is 1. The minimum Gasteiger partial charge on any atom is -0.480 e. The number of nitro benzene ring substituents is 1. The van der Waals surface area contributed by atoms with Gasteiger partial charge in [0.2, 0.25) is 0 Å². The second-order valence-electron chi connectivity index (χ2n) is 3.78. The van der Waals surface area contributed by atoms with Crippen LogP contribution in [-0.4, -0.2) is 17.0 Å². The fourth-order valence-electron chi connectivity index (χ4n) is 1.58. The first kappa shape index (κ1) is 12.8. The summed E-state index contributed by atoms with van der Waals surface area (Å²) in [6.45, 7) is 0.181. The molecule has 0 aliphatic carbocycles. The minimum absolute atomic E-state index is 0.0488. The lowest BCUT2D eigenvalue weighted by molar-refractivity contribution is -0.385. The molecule has 1 aromatic heterocycles. The molecule has 0 spiro atoms. The van der Waals surface area contributed by atoms with Gasteiger partial charge in [-0.15, -0.1) is 0 Å². The summed E-state index contributed by atoms with van der Waals surface area (Å²) in [5.74, 6) is 0.966. The van der Waals surface area contributed by atoms with Crippen LogP contribution in [0.3, 0.4) is 0 Å². The number of ether oxygens (including phenoxy) is 1. The molecule has 0 radical (unpaired) electrons. The molecule has 2 aromatic rings. The molecule has 0 unspecified atom stereocenters. The van der Waals surface area contributed by atoms with Crippen molar-refractivity contribution < 1.29 is 9.66 Å². The van der Waals surface area contributed by atoms with Crippen molar-refractivity contribution in [3.05, 3.63) is 58.3 Å². The number of anilines is 1. The second kappa shape index (κ2) is 5.81. The van der Waals surface area contributed by atoms with Crippen LogP contribution in [0, 0.1) is 10.1 Å². The van der Waals surface area contributed by atoms with Gasteiger partial charge in [-0.3, -0.25) is 10.1 Å². The summed E-state index contributed by atoms with van der Waals surface area (Å²) in [4.78, 5) is 14.6. The number of rotatable bonds is 5. The van der Waals surface area contributed by atoms with Gasteiger partial charge in [0, 0.05) is 13.1 Å². The largest absolute Gasteiger partial charge is 0.480 e. The van der Waals surface area contributed by atoms with Crippen molar-refractivity contribution in [3.8, 4) is 5.75 Å². The molecule has 0 saturated carbocycles. The van der Waals surface area contributed by atoms with E-state index in [0.717, 1.165) is 5.82 Å². The highest BCUT2D eigenvalue weighted by molar-refractivity contribution is 5.45. The van der Waals surface area contributed by atoms with Gasteiger partial charge in [-0.05, 0) is 18.2 Å². The SMILES string of the molecule is CNc1cccc(COc2ccccc2[N+](=O)[O-])n1. The van der Waals surface area contributed by atoms with Crippen LogP contribution in [0.5, 0.6) is 5.75 Å². The first-order valence-corrected chi connectivity index (χ1v) is 5.70. The molecule has 0 saturated heterocycles. The highest BCUT2D eigenvalue weighted by atomic mass is 16.6. The van der Waals surface area contributed by atoms with Gasteiger partial charge in [-0.2, -0.15) is 0 Å². The van der Waals surface area contributed by atoms with E-state index in [4.69, 9.17) is 4.74 Å². The molecule has 98 valence electrons. The second-order valence-corrected chi connectivity index (χ2v) is 3.78. The summed E-state index contributed by atoms with van der Waals surface area (Å²) in [5.41, 5.74) is 0.650. The smallest absolute Gasteiger partial charge is 0.310 e. The number of aromatic nitrogens is 1. The van der Waals surface area contributed by atoms with Crippen molar-refractivity contribution in [1.29, 1.82) is 0 Å². The lowest BCUT2D eigenvalue weighted by Gasteiger charge is -2.07. The highest BCUT2D eigenvalue weighted by Gasteiger charge is 2.13. The molecule has 6 heteroatoms. The summed E-state index contributed by atoms with van der Waals surface area (Å²) < 4.78 is 5.45. The summed E-state index contributed by atoms with van der Waals surface area (Å²) >= 11 is 0. The van der Waals surface area contributed by atoms with E-state index in [1.807, 2.05) is 12.1 Å². The molecular weight excluding hydrogens is 246 g/mol. The topological polar surface area (TPSA) is 77.3 Å². The Kier molecular flexibility index (Phi) is 3.92. The van der Waals surface area contributed by atoms with Crippen molar-refractivity contribution in [1.82, 2.24) is 4.98 Å². The predicted molar refractivity (Wildman–Crippen MR) is 71.2 cm³/mol. The molecule has 0 fully saturated rings. The van der Waals surface area contributed by atoms with Crippen molar-refractivity contribution in [3.63, 3.8) is 0 Å². The minimum atomic E-state index is -0.465. The summed E-state index contributed by atoms with van der Waals surface area (Å²) in [6, 6.07) is 11.7. The van der Waals surface area contributed by atoms with Crippen LogP contribution in [0.25, 0.3) is 0 Å². The third kappa shape index (κ3) is 3.19. The first-order valence-electron chi connectivity index (χ1n) is 5.70.